The predicted molar refractivity (Wildman–Crippen MR) is 101 cm³/mol. The fourth-order valence-electron chi connectivity index (χ4n) is 3.46. The number of hydrogen-bond donors (Lipinski definition) is 0. The van der Waals surface area contributed by atoms with Crippen LogP contribution in [-0.4, -0.2) is 29.0 Å². The number of alkyl halides is 3. The van der Waals surface area contributed by atoms with Crippen LogP contribution >= 0.6 is 0 Å². The van der Waals surface area contributed by atoms with Gasteiger partial charge in [0.25, 0.3) is 0 Å². The molecule has 0 unspecified atom stereocenters. The fraction of sp³-hybridized carbons (Fsp3) is 0.143. The van der Waals surface area contributed by atoms with Gasteiger partial charge in [0.15, 0.2) is 0 Å². The molecular weight excluding hydrogens is 399 g/mol. The third kappa shape index (κ3) is 3.28. The third-order valence-electron chi connectivity index (χ3n) is 4.77. The molecule has 9 heteroatoms. The highest BCUT2D eigenvalue weighted by atomic mass is 19.4. The van der Waals surface area contributed by atoms with E-state index >= 15 is 0 Å². The first-order valence-corrected chi connectivity index (χ1v) is 8.82. The van der Waals surface area contributed by atoms with E-state index < -0.39 is 23.3 Å². The molecule has 152 valence electrons. The number of amides is 1. The van der Waals surface area contributed by atoms with Gasteiger partial charge in [0.1, 0.15) is 5.82 Å². The zero-order valence-corrected chi connectivity index (χ0v) is 15.6. The number of pyridine rings is 2. The third-order valence-corrected chi connectivity index (χ3v) is 4.77. The summed E-state index contributed by atoms with van der Waals surface area (Å²) in [6, 6.07) is 8.22. The summed E-state index contributed by atoms with van der Waals surface area (Å²) in [6.07, 6.45) is -0.136. The summed E-state index contributed by atoms with van der Waals surface area (Å²) >= 11 is 0. The molecule has 0 bridgehead atoms. The van der Waals surface area contributed by atoms with E-state index in [2.05, 4.69) is 14.7 Å². The van der Waals surface area contributed by atoms with Crippen LogP contribution in [0.4, 0.5) is 24.7 Å². The van der Waals surface area contributed by atoms with E-state index in [1.54, 1.807) is 24.4 Å². The number of carbonyl (C=O) groups is 2. The van der Waals surface area contributed by atoms with Crippen LogP contribution in [0.15, 0.2) is 55.0 Å². The first-order valence-electron chi connectivity index (χ1n) is 8.82. The Morgan fingerprint density at radius 1 is 1.17 bits per heavy atom. The number of rotatable bonds is 3. The molecule has 2 aromatic heterocycles. The molecule has 4 rings (SSSR count). The van der Waals surface area contributed by atoms with Crippen molar-refractivity contribution in [2.45, 2.75) is 12.6 Å². The predicted octanol–water partition coefficient (Wildman–Crippen LogP) is 4.17. The second-order valence-corrected chi connectivity index (χ2v) is 6.53. The molecule has 3 heterocycles. The van der Waals surface area contributed by atoms with Gasteiger partial charge in [-0.15, -0.1) is 0 Å². The maximum absolute atomic E-state index is 13.3. The number of carbonyl (C=O) groups excluding carboxylic acids is 2. The van der Waals surface area contributed by atoms with Crippen molar-refractivity contribution in [1.82, 2.24) is 9.97 Å². The summed E-state index contributed by atoms with van der Waals surface area (Å²) in [5, 5.41) is 0. The maximum Gasteiger partial charge on any atom is 0.417 e. The molecule has 30 heavy (non-hydrogen) atoms. The van der Waals surface area contributed by atoms with Gasteiger partial charge in [-0.05, 0) is 41.5 Å². The van der Waals surface area contributed by atoms with Gasteiger partial charge in [-0.3, -0.25) is 14.7 Å². The van der Waals surface area contributed by atoms with Gasteiger partial charge in [0.2, 0.25) is 5.91 Å². The molecule has 0 fully saturated rings. The summed E-state index contributed by atoms with van der Waals surface area (Å²) in [7, 11) is 1.02. The van der Waals surface area contributed by atoms with Crippen molar-refractivity contribution in [1.29, 1.82) is 0 Å². The SMILES string of the molecule is COC(=O)c1cc(-c2ccnc3c2CC(=O)N3c2cccnc2)ccc1C(F)(F)F. The van der Waals surface area contributed by atoms with Gasteiger partial charge in [-0.2, -0.15) is 13.2 Å². The molecule has 0 atom stereocenters. The minimum absolute atomic E-state index is 0.0159. The Kier molecular flexibility index (Phi) is 4.73. The van der Waals surface area contributed by atoms with Crippen LogP contribution in [0, 0.1) is 0 Å². The normalized spacial score (nSPS) is 13.3. The van der Waals surface area contributed by atoms with Gasteiger partial charge in [-0.25, -0.2) is 9.78 Å². The van der Waals surface area contributed by atoms with Crippen LogP contribution in [0.3, 0.4) is 0 Å². The summed E-state index contributed by atoms with van der Waals surface area (Å²) < 4.78 is 44.5. The largest absolute Gasteiger partial charge is 0.465 e. The van der Waals surface area contributed by atoms with Gasteiger partial charge in [0, 0.05) is 18.0 Å². The van der Waals surface area contributed by atoms with E-state index in [1.807, 2.05) is 0 Å². The average Bonchev–Trinajstić information content (AvgIpc) is 3.08. The molecule has 1 amide bonds. The minimum Gasteiger partial charge on any atom is -0.465 e. The Bertz CT molecular complexity index is 1150. The Hall–Kier alpha value is -3.75. The molecule has 0 N–H and O–H groups in total. The standard InChI is InChI=1S/C21H14F3N3O3/c1-30-20(29)16-9-12(4-5-17(16)21(22,23)24)14-6-8-26-19-15(14)10-18(28)27(19)13-3-2-7-25-11-13/h2-9,11H,10H2,1H3. The summed E-state index contributed by atoms with van der Waals surface area (Å²) in [6.45, 7) is 0. The molecule has 0 saturated heterocycles. The van der Waals surface area contributed by atoms with Gasteiger partial charge in [-0.1, -0.05) is 6.07 Å². The molecule has 0 radical (unpaired) electrons. The van der Waals surface area contributed by atoms with E-state index in [0.29, 0.717) is 28.2 Å². The van der Waals surface area contributed by atoms with Crippen LogP contribution in [0.1, 0.15) is 21.5 Å². The lowest BCUT2D eigenvalue weighted by Crippen LogP contribution is -2.21. The fourth-order valence-corrected chi connectivity index (χ4v) is 3.46. The Morgan fingerprint density at radius 2 is 1.97 bits per heavy atom. The van der Waals surface area contributed by atoms with E-state index in [0.717, 1.165) is 19.2 Å². The molecule has 1 aromatic carbocycles. The van der Waals surface area contributed by atoms with Crippen LogP contribution in [0.5, 0.6) is 0 Å². The number of benzene rings is 1. The molecule has 0 spiro atoms. The molecular formula is C21H14F3N3O3. The Labute approximate surface area is 168 Å². The molecule has 1 aliphatic heterocycles. The zero-order valence-electron chi connectivity index (χ0n) is 15.6. The molecule has 0 saturated carbocycles. The lowest BCUT2D eigenvalue weighted by molar-refractivity contribution is -0.138. The van der Waals surface area contributed by atoms with E-state index in [9.17, 15) is 22.8 Å². The number of esters is 1. The topological polar surface area (TPSA) is 72.4 Å². The first-order chi connectivity index (χ1) is 14.3. The van der Waals surface area contributed by atoms with E-state index in [-0.39, 0.29) is 12.3 Å². The number of methoxy groups -OCH3 is 1. The first kappa shape index (κ1) is 19.6. The summed E-state index contributed by atoms with van der Waals surface area (Å²) in [5.74, 6) is -0.953. The lowest BCUT2D eigenvalue weighted by atomic mass is 9.95. The van der Waals surface area contributed by atoms with Gasteiger partial charge >= 0.3 is 12.1 Å². The Balaban J connectivity index is 1.85. The van der Waals surface area contributed by atoms with Crippen LogP contribution in [0.2, 0.25) is 0 Å². The zero-order chi connectivity index (χ0) is 21.5. The molecule has 1 aliphatic rings. The summed E-state index contributed by atoms with van der Waals surface area (Å²) in [4.78, 5) is 34.4. The van der Waals surface area contributed by atoms with Crippen LogP contribution in [-0.2, 0) is 22.1 Å². The van der Waals surface area contributed by atoms with E-state index in [4.69, 9.17) is 0 Å². The number of aromatic nitrogens is 2. The van der Waals surface area contributed by atoms with Crippen molar-refractivity contribution in [3.63, 3.8) is 0 Å². The number of fused-ring (bicyclic) bond motifs is 1. The lowest BCUT2D eigenvalue weighted by Gasteiger charge is -2.17. The van der Waals surface area contributed by atoms with Crippen molar-refractivity contribution < 1.29 is 27.5 Å². The number of ether oxygens (including phenoxy) is 1. The molecule has 6 nitrogen and oxygen atoms in total. The number of anilines is 2. The quantitative estimate of drug-likeness (QED) is 0.603. The smallest absolute Gasteiger partial charge is 0.417 e. The van der Waals surface area contributed by atoms with Crippen molar-refractivity contribution >= 4 is 23.4 Å². The summed E-state index contributed by atoms with van der Waals surface area (Å²) in [5.41, 5.74) is 0.273. The van der Waals surface area contributed by atoms with Crippen molar-refractivity contribution in [3.05, 3.63) is 71.7 Å². The van der Waals surface area contributed by atoms with Crippen molar-refractivity contribution in [2.24, 2.45) is 0 Å². The highest BCUT2D eigenvalue weighted by Crippen LogP contribution is 2.40. The van der Waals surface area contributed by atoms with Crippen LogP contribution in [0.25, 0.3) is 11.1 Å². The maximum atomic E-state index is 13.3. The van der Waals surface area contributed by atoms with Crippen LogP contribution < -0.4 is 4.90 Å². The minimum atomic E-state index is -4.71. The molecule has 0 aliphatic carbocycles. The highest BCUT2D eigenvalue weighted by Gasteiger charge is 2.37. The van der Waals surface area contributed by atoms with Gasteiger partial charge in [0.05, 0.1) is 36.5 Å². The monoisotopic (exact) mass is 413 g/mol. The molecule has 3 aromatic rings. The number of hydrogen-bond acceptors (Lipinski definition) is 5. The Morgan fingerprint density at radius 3 is 2.63 bits per heavy atom. The average molecular weight is 413 g/mol. The number of nitrogens with zero attached hydrogens (tertiary/aromatic N) is 3. The van der Waals surface area contributed by atoms with Crippen molar-refractivity contribution in [3.8, 4) is 11.1 Å². The second-order valence-electron chi connectivity index (χ2n) is 6.53. The van der Waals surface area contributed by atoms with Crippen molar-refractivity contribution in [2.75, 3.05) is 12.0 Å². The second kappa shape index (κ2) is 7.25. The van der Waals surface area contributed by atoms with E-state index in [1.165, 1.54) is 23.4 Å². The van der Waals surface area contributed by atoms with Gasteiger partial charge < -0.3 is 4.74 Å². The highest BCUT2D eigenvalue weighted by molar-refractivity contribution is 6.08. The number of halogens is 3.